The van der Waals surface area contributed by atoms with Crippen LogP contribution < -0.4 is 5.32 Å². The Bertz CT molecular complexity index is 852. The molecule has 28 heavy (non-hydrogen) atoms. The van der Waals surface area contributed by atoms with Crippen molar-refractivity contribution in [3.05, 3.63) is 69.2 Å². The Morgan fingerprint density at radius 2 is 1.61 bits per heavy atom. The van der Waals surface area contributed by atoms with Crippen molar-refractivity contribution in [2.24, 2.45) is 0 Å². The molecule has 4 nitrogen and oxygen atoms in total. The summed E-state index contributed by atoms with van der Waals surface area (Å²) in [6.07, 6.45) is 0.634. The standard InChI is InChI=1S/C21H24BCl2NO3/c1-20(2)21(3,4)28-22(27-20)12-14-5-7-15(8-6-14)19(26)25-13-16-9-10-17(23)11-18(16)24/h5-11H,12-13H2,1-4H3,(H,25,26). The molecule has 0 aromatic heterocycles. The summed E-state index contributed by atoms with van der Waals surface area (Å²) < 4.78 is 12.1. The molecule has 1 heterocycles. The number of nitrogens with one attached hydrogen (secondary N) is 1. The number of carbonyl (C=O) groups is 1. The van der Waals surface area contributed by atoms with E-state index in [0.29, 0.717) is 28.5 Å². The number of carbonyl (C=O) groups excluding carboxylic acids is 1. The summed E-state index contributed by atoms with van der Waals surface area (Å²) in [5.41, 5.74) is 1.76. The van der Waals surface area contributed by atoms with Gasteiger partial charge in [0, 0.05) is 28.5 Å². The first-order valence-electron chi connectivity index (χ1n) is 9.24. The second-order valence-electron chi connectivity index (χ2n) is 8.01. The SMILES string of the molecule is CC1(C)OB(Cc2ccc(C(=O)NCc3ccc(Cl)cc3Cl)cc2)OC1(C)C. The highest BCUT2D eigenvalue weighted by molar-refractivity contribution is 6.45. The molecule has 1 aliphatic heterocycles. The van der Waals surface area contributed by atoms with Crippen LogP contribution in [0.15, 0.2) is 42.5 Å². The van der Waals surface area contributed by atoms with Crippen LogP contribution in [0.3, 0.4) is 0 Å². The topological polar surface area (TPSA) is 47.6 Å². The van der Waals surface area contributed by atoms with Crippen LogP contribution >= 0.6 is 23.2 Å². The van der Waals surface area contributed by atoms with Crippen LogP contribution in [0.2, 0.25) is 10.0 Å². The first kappa shape index (κ1) is 21.2. The van der Waals surface area contributed by atoms with Gasteiger partial charge in [0.15, 0.2) is 0 Å². The molecule has 0 saturated carbocycles. The minimum atomic E-state index is -0.347. The number of hydrogen-bond acceptors (Lipinski definition) is 3. The van der Waals surface area contributed by atoms with E-state index in [1.807, 2.05) is 39.8 Å². The van der Waals surface area contributed by atoms with Gasteiger partial charge in [-0.1, -0.05) is 41.4 Å². The van der Waals surface area contributed by atoms with Gasteiger partial charge >= 0.3 is 7.12 Å². The van der Waals surface area contributed by atoms with Crippen molar-refractivity contribution in [1.82, 2.24) is 5.32 Å². The van der Waals surface area contributed by atoms with Gasteiger partial charge in [-0.2, -0.15) is 0 Å². The van der Waals surface area contributed by atoms with Crippen molar-refractivity contribution >= 4 is 36.2 Å². The predicted molar refractivity (Wildman–Crippen MR) is 114 cm³/mol. The lowest BCUT2D eigenvalue weighted by molar-refractivity contribution is 0.00578. The highest BCUT2D eigenvalue weighted by Gasteiger charge is 2.50. The van der Waals surface area contributed by atoms with Gasteiger partial charge in [-0.25, -0.2) is 0 Å². The van der Waals surface area contributed by atoms with Crippen LogP contribution in [0.1, 0.15) is 49.2 Å². The van der Waals surface area contributed by atoms with Gasteiger partial charge in [0.05, 0.1) is 11.2 Å². The van der Waals surface area contributed by atoms with Gasteiger partial charge in [-0.3, -0.25) is 4.79 Å². The summed E-state index contributed by atoms with van der Waals surface area (Å²) in [4.78, 5) is 12.4. The van der Waals surface area contributed by atoms with Crippen LogP contribution in [0.4, 0.5) is 0 Å². The summed E-state index contributed by atoms with van der Waals surface area (Å²) in [6, 6.07) is 12.7. The lowest BCUT2D eigenvalue weighted by Gasteiger charge is -2.32. The Hall–Kier alpha value is -1.53. The molecule has 0 spiro atoms. The van der Waals surface area contributed by atoms with E-state index in [4.69, 9.17) is 32.5 Å². The Morgan fingerprint density at radius 1 is 1.00 bits per heavy atom. The van der Waals surface area contributed by atoms with Gasteiger partial charge in [0.1, 0.15) is 0 Å². The van der Waals surface area contributed by atoms with Crippen LogP contribution in [-0.2, 0) is 22.2 Å². The monoisotopic (exact) mass is 419 g/mol. The lowest BCUT2D eigenvalue weighted by atomic mass is 9.80. The van der Waals surface area contributed by atoms with E-state index in [-0.39, 0.29) is 24.2 Å². The molecule has 0 atom stereocenters. The largest absolute Gasteiger partial charge is 0.462 e. The van der Waals surface area contributed by atoms with E-state index in [9.17, 15) is 4.79 Å². The third kappa shape index (κ3) is 4.72. The Balaban J connectivity index is 1.57. The molecule has 0 unspecified atom stereocenters. The van der Waals surface area contributed by atoms with Crippen molar-refractivity contribution in [2.75, 3.05) is 0 Å². The molecule has 1 saturated heterocycles. The number of rotatable bonds is 5. The van der Waals surface area contributed by atoms with Crippen LogP contribution in [0, 0.1) is 0 Å². The molecule has 3 rings (SSSR count). The van der Waals surface area contributed by atoms with E-state index in [1.54, 1.807) is 30.3 Å². The number of benzene rings is 2. The molecule has 148 valence electrons. The zero-order valence-corrected chi connectivity index (χ0v) is 18.0. The van der Waals surface area contributed by atoms with E-state index >= 15 is 0 Å². The second-order valence-corrected chi connectivity index (χ2v) is 8.85. The van der Waals surface area contributed by atoms with E-state index < -0.39 is 0 Å². The third-order valence-electron chi connectivity index (χ3n) is 5.38. The first-order chi connectivity index (χ1) is 13.1. The number of hydrogen-bond donors (Lipinski definition) is 1. The summed E-state index contributed by atoms with van der Waals surface area (Å²) in [6.45, 7) is 8.48. The van der Waals surface area contributed by atoms with Gasteiger partial charge in [0.25, 0.3) is 5.91 Å². The van der Waals surface area contributed by atoms with Crippen molar-refractivity contribution in [1.29, 1.82) is 0 Å². The van der Waals surface area contributed by atoms with Gasteiger partial charge in [0.2, 0.25) is 0 Å². The maximum atomic E-state index is 12.4. The molecular weight excluding hydrogens is 396 g/mol. The Morgan fingerprint density at radius 3 is 2.18 bits per heavy atom. The number of halogens is 2. The van der Waals surface area contributed by atoms with Crippen LogP contribution in [0.25, 0.3) is 0 Å². The molecule has 1 aliphatic rings. The Labute approximate surface area is 176 Å². The summed E-state index contributed by atoms with van der Waals surface area (Å²) in [7, 11) is -0.295. The smallest absolute Gasteiger partial charge is 0.403 e. The quantitative estimate of drug-likeness (QED) is 0.686. The average molecular weight is 420 g/mol. The molecule has 1 fully saturated rings. The van der Waals surface area contributed by atoms with Crippen LogP contribution in [-0.4, -0.2) is 24.2 Å². The van der Waals surface area contributed by atoms with E-state index in [2.05, 4.69) is 5.32 Å². The molecule has 0 radical (unpaired) electrons. The zero-order chi connectivity index (χ0) is 20.5. The normalized spacial score (nSPS) is 17.6. The molecule has 1 N–H and O–H groups in total. The van der Waals surface area contributed by atoms with Crippen molar-refractivity contribution in [2.45, 2.75) is 51.8 Å². The van der Waals surface area contributed by atoms with Gasteiger partial charge in [-0.05, 0) is 63.1 Å². The maximum absolute atomic E-state index is 12.4. The van der Waals surface area contributed by atoms with E-state index in [0.717, 1.165) is 11.1 Å². The molecule has 7 heteroatoms. The predicted octanol–water partition coefficient (Wildman–Crippen LogP) is 5.10. The van der Waals surface area contributed by atoms with Crippen molar-refractivity contribution in [3.63, 3.8) is 0 Å². The summed E-state index contributed by atoms with van der Waals surface area (Å²) in [5.74, 6) is -0.159. The molecular formula is C21H24BCl2NO3. The minimum absolute atomic E-state index is 0.159. The van der Waals surface area contributed by atoms with Crippen LogP contribution in [0.5, 0.6) is 0 Å². The fraction of sp³-hybridized carbons (Fsp3) is 0.381. The molecule has 2 aromatic rings. The third-order valence-corrected chi connectivity index (χ3v) is 5.96. The fourth-order valence-corrected chi connectivity index (χ4v) is 3.45. The summed E-state index contributed by atoms with van der Waals surface area (Å²) in [5, 5.41) is 3.97. The molecule has 0 aliphatic carbocycles. The Kier molecular flexibility index (Phi) is 6.11. The molecule has 1 amide bonds. The summed E-state index contributed by atoms with van der Waals surface area (Å²) >= 11 is 12.0. The van der Waals surface area contributed by atoms with E-state index in [1.165, 1.54) is 0 Å². The molecule has 0 bridgehead atoms. The van der Waals surface area contributed by atoms with Crippen molar-refractivity contribution < 1.29 is 14.1 Å². The maximum Gasteiger partial charge on any atom is 0.462 e. The van der Waals surface area contributed by atoms with Crippen molar-refractivity contribution in [3.8, 4) is 0 Å². The highest BCUT2D eigenvalue weighted by Crippen LogP contribution is 2.37. The van der Waals surface area contributed by atoms with Gasteiger partial charge in [-0.15, -0.1) is 0 Å². The minimum Gasteiger partial charge on any atom is -0.403 e. The fourth-order valence-electron chi connectivity index (χ4n) is 2.98. The highest BCUT2D eigenvalue weighted by atomic mass is 35.5. The average Bonchev–Trinajstić information content (AvgIpc) is 2.81. The molecule has 2 aromatic carbocycles. The number of amides is 1. The lowest BCUT2D eigenvalue weighted by Crippen LogP contribution is -2.41. The zero-order valence-electron chi connectivity index (χ0n) is 16.5. The first-order valence-corrected chi connectivity index (χ1v) is 10.00. The van der Waals surface area contributed by atoms with Gasteiger partial charge < -0.3 is 14.6 Å². The second kappa shape index (κ2) is 8.07.